The van der Waals surface area contributed by atoms with Crippen LogP contribution in [-0.4, -0.2) is 69.1 Å². The highest BCUT2D eigenvalue weighted by Gasteiger charge is 2.22. The number of rotatable bonds is 7. The smallest absolute Gasteiger partial charge is 0.292 e. The van der Waals surface area contributed by atoms with Crippen molar-refractivity contribution in [1.82, 2.24) is 30.0 Å². The van der Waals surface area contributed by atoms with E-state index in [0.29, 0.717) is 17.8 Å². The minimum Gasteiger partial charge on any atom is -0.368 e. The number of aromatic nitrogens is 5. The Morgan fingerprint density at radius 1 is 0.892 bits per heavy atom. The average Bonchev–Trinajstić information content (AvgIpc) is 3.58. The molecule has 0 aliphatic carbocycles. The second-order valence-corrected chi connectivity index (χ2v) is 8.94. The van der Waals surface area contributed by atoms with Crippen molar-refractivity contribution in [3.05, 3.63) is 78.9 Å². The van der Waals surface area contributed by atoms with E-state index >= 15 is 0 Å². The Labute approximate surface area is 212 Å². The number of piperazine rings is 1. The van der Waals surface area contributed by atoms with Crippen molar-refractivity contribution in [2.75, 3.05) is 42.5 Å². The van der Waals surface area contributed by atoms with Gasteiger partial charge in [-0.1, -0.05) is 36.4 Å². The molecule has 0 atom stereocenters. The third kappa shape index (κ3) is 4.37. The first kappa shape index (κ1) is 22.7. The van der Waals surface area contributed by atoms with Crippen molar-refractivity contribution in [2.24, 2.45) is 0 Å². The lowest BCUT2D eigenvalue weighted by molar-refractivity contribution is -0.117. The van der Waals surface area contributed by atoms with Crippen molar-refractivity contribution in [1.29, 1.82) is 0 Å². The maximum Gasteiger partial charge on any atom is 0.292 e. The Kier molecular flexibility index (Phi) is 5.97. The molecule has 5 aromatic rings. The highest BCUT2D eigenvalue weighted by Crippen LogP contribution is 2.25. The van der Waals surface area contributed by atoms with Gasteiger partial charge in [-0.15, -0.1) is 0 Å². The van der Waals surface area contributed by atoms with Gasteiger partial charge in [0.05, 0.1) is 23.7 Å². The Morgan fingerprint density at radius 2 is 1.65 bits per heavy atom. The Morgan fingerprint density at radius 3 is 2.49 bits per heavy atom. The van der Waals surface area contributed by atoms with Gasteiger partial charge in [-0.25, -0.2) is 14.6 Å². The highest BCUT2D eigenvalue weighted by atomic mass is 16.2. The number of para-hydroxylation sites is 2. The van der Waals surface area contributed by atoms with E-state index in [0.717, 1.165) is 48.3 Å². The minimum atomic E-state index is -0.646. The molecule has 186 valence electrons. The number of carbonyl (C=O) groups is 2. The molecule has 1 aliphatic rings. The van der Waals surface area contributed by atoms with Crippen molar-refractivity contribution in [2.45, 2.75) is 6.54 Å². The van der Waals surface area contributed by atoms with Crippen LogP contribution in [0.15, 0.2) is 73.3 Å². The number of aromatic amines is 1. The van der Waals surface area contributed by atoms with E-state index in [1.807, 2.05) is 30.3 Å². The predicted molar refractivity (Wildman–Crippen MR) is 142 cm³/mol. The summed E-state index contributed by atoms with van der Waals surface area (Å²) in [7, 11) is 0. The van der Waals surface area contributed by atoms with Gasteiger partial charge in [0, 0.05) is 55.5 Å². The number of Topliss-reactive ketones (excluding diaryl/α,β-unsaturated/α-hetero) is 1. The molecule has 1 fully saturated rings. The molecule has 0 saturated carbocycles. The maximum absolute atomic E-state index is 12.7. The second kappa shape index (κ2) is 9.73. The third-order valence-corrected chi connectivity index (χ3v) is 6.76. The summed E-state index contributed by atoms with van der Waals surface area (Å²) in [5.41, 5.74) is 3.11. The number of hydrogen-bond acceptors (Lipinski definition) is 7. The summed E-state index contributed by atoms with van der Waals surface area (Å²) in [6, 6.07) is 17.8. The van der Waals surface area contributed by atoms with Crippen molar-refractivity contribution in [3.8, 4) is 0 Å². The van der Waals surface area contributed by atoms with Crippen LogP contribution in [-0.2, 0) is 11.3 Å². The number of amides is 1. The lowest BCUT2D eigenvalue weighted by Gasteiger charge is -2.36. The molecule has 0 unspecified atom stereocenters. The van der Waals surface area contributed by atoms with E-state index in [4.69, 9.17) is 0 Å². The van der Waals surface area contributed by atoms with Crippen LogP contribution < -0.4 is 15.1 Å². The van der Waals surface area contributed by atoms with Crippen LogP contribution in [0, 0.1) is 0 Å². The Hall–Kier alpha value is -4.73. The van der Waals surface area contributed by atoms with E-state index in [2.05, 4.69) is 59.4 Å². The molecule has 1 aliphatic heterocycles. The lowest BCUT2D eigenvalue weighted by Crippen LogP contribution is -2.46. The van der Waals surface area contributed by atoms with E-state index in [9.17, 15) is 9.59 Å². The number of hydrogen-bond donors (Lipinski definition) is 2. The van der Waals surface area contributed by atoms with Crippen LogP contribution in [0.5, 0.6) is 0 Å². The molecular weight excluding hydrogens is 468 g/mol. The van der Waals surface area contributed by atoms with Crippen LogP contribution in [0.3, 0.4) is 0 Å². The summed E-state index contributed by atoms with van der Waals surface area (Å²) in [5, 5.41) is 8.80. The molecule has 1 amide bonds. The van der Waals surface area contributed by atoms with Gasteiger partial charge in [0.25, 0.3) is 11.7 Å². The predicted octanol–water partition coefficient (Wildman–Crippen LogP) is 2.63. The van der Waals surface area contributed by atoms with Crippen LogP contribution in [0.25, 0.3) is 21.9 Å². The van der Waals surface area contributed by atoms with Gasteiger partial charge < -0.3 is 20.1 Å². The molecule has 4 heterocycles. The Balaban J connectivity index is 1.09. The van der Waals surface area contributed by atoms with Crippen LogP contribution in [0.1, 0.15) is 10.4 Å². The quantitative estimate of drug-likeness (QED) is 0.264. The van der Waals surface area contributed by atoms with E-state index in [1.165, 1.54) is 5.69 Å². The molecule has 6 rings (SSSR count). The van der Waals surface area contributed by atoms with Gasteiger partial charge in [0.1, 0.15) is 12.1 Å². The maximum atomic E-state index is 12.7. The van der Waals surface area contributed by atoms with Crippen LogP contribution >= 0.6 is 0 Å². The van der Waals surface area contributed by atoms with Crippen molar-refractivity contribution < 1.29 is 9.59 Å². The minimum absolute atomic E-state index is 0.249. The first-order valence-electron chi connectivity index (χ1n) is 12.3. The summed E-state index contributed by atoms with van der Waals surface area (Å²) >= 11 is 0. The van der Waals surface area contributed by atoms with Crippen molar-refractivity contribution in [3.63, 3.8) is 0 Å². The number of H-pyrrole nitrogens is 1. The Bertz CT molecular complexity index is 1570. The summed E-state index contributed by atoms with van der Waals surface area (Å²) < 4.78 is 1.73. The standard InChI is InChI=1S/C27H26N8O2/c36-24(21-16-29-23-9-5-4-8-20(21)23)27(37)28-10-11-35-26-22(17-32-35)25(30-18-31-26)34-14-12-33(13-15-34)19-6-2-1-3-7-19/h1-9,16-18,29H,10-15H2,(H,28,37). The summed E-state index contributed by atoms with van der Waals surface area (Å²) in [5.74, 6) is -0.350. The van der Waals surface area contributed by atoms with Crippen molar-refractivity contribution >= 4 is 45.1 Å². The molecular formula is C27H26N8O2. The molecule has 0 radical (unpaired) electrons. The fraction of sp³-hybridized carbons (Fsp3) is 0.222. The highest BCUT2D eigenvalue weighted by molar-refractivity contribution is 6.44. The number of benzene rings is 2. The third-order valence-electron chi connectivity index (χ3n) is 6.76. The van der Waals surface area contributed by atoms with E-state index in [-0.39, 0.29) is 6.54 Å². The number of fused-ring (bicyclic) bond motifs is 2. The molecule has 0 bridgehead atoms. The zero-order chi connectivity index (χ0) is 25.2. The number of carbonyl (C=O) groups excluding carboxylic acids is 2. The second-order valence-electron chi connectivity index (χ2n) is 8.94. The largest absolute Gasteiger partial charge is 0.368 e. The normalized spacial score (nSPS) is 13.8. The summed E-state index contributed by atoms with van der Waals surface area (Å²) in [6.45, 7) is 4.13. The molecule has 0 spiro atoms. The summed E-state index contributed by atoms with van der Waals surface area (Å²) in [6.07, 6.45) is 4.90. The van der Waals surface area contributed by atoms with E-state index in [1.54, 1.807) is 23.4 Å². The van der Waals surface area contributed by atoms with E-state index < -0.39 is 11.7 Å². The first-order chi connectivity index (χ1) is 18.2. The zero-order valence-corrected chi connectivity index (χ0v) is 20.2. The number of anilines is 2. The van der Waals surface area contributed by atoms with Gasteiger partial charge >= 0.3 is 0 Å². The SMILES string of the molecule is O=C(NCCn1ncc2c(N3CCN(c4ccccc4)CC3)ncnc21)C(=O)c1c[nH]c2ccccc12. The molecule has 10 nitrogen and oxygen atoms in total. The van der Waals surface area contributed by atoms with Crippen LogP contribution in [0.2, 0.25) is 0 Å². The van der Waals surface area contributed by atoms with Gasteiger partial charge in [-0.3, -0.25) is 9.59 Å². The van der Waals surface area contributed by atoms with Gasteiger partial charge in [-0.2, -0.15) is 5.10 Å². The number of nitrogens with one attached hydrogen (secondary N) is 2. The zero-order valence-electron chi connectivity index (χ0n) is 20.2. The monoisotopic (exact) mass is 494 g/mol. The molecule has 1 saturated heterocycles. The summed E-state index contributed by atoms with van der Waals surface area (Å²) in [4.78, 5) is 41.9. The van der Waals surface area contributed by atoms with Crippen LogP contribution in [0.4, 0.5) is 11.5 Å². The molecule has 10 heteroatoms. The molecule has 2 aromatic carbocycles. The van der Waals surface area contributed by atoms with Gasteiger partial charge in [-0.05, 0) is 18.2 Å². The molecule has 3 aromatic heterocycles. The number of ketones is 1. The average molecular weight is 495 g/mol. The topological polar surface area (TPSA) is 112 Å². The molecule has 2 N–H and O–H groups in total. The first-order valence-corrected chi connectivity index (χ1v) is 12.3. The number of nitrogens with zero attached hydrogens (tertiary/aromatic N) is 6. The lowest BCUT2D eigenvalue weighted by atomic mass is 10.1. The van der Waals surface area contributed by atoms with Gasteiger partial charge in [0.2, 0.25) is 0 Å². The fourth-order valence-electron chi connectivity index (χ4n) is 4.85. The fourth-order valence-corrected chi connectivity index (χ4v) is 4.85. The van der Waals surface area contributed by atoms with Gasteiger partial charge in [0.15, 0.2) is 5.65 Å². The molecule has 37 heavy (non-hydrogen) atoms.